The third-order valence-corrected chi connectivity index (χ3v) is 6.06. The van der Waals surface area contributed by atoms with Gasteiger partial charge in [0.15, 0.2) is 0 Å². The maximum atomic E-state index is 8.55. The second-order valence-electron chi connectivity index (χ2n) is 7.05. The van der Waals surface area contributed by atoms with E-state index in [0.29, 0.717) is 0 Å². The van der Waals surface area contributed by atoms with E-state index in [2.05, 4.69) is 101 Å². The predicted octanol–water partition coefficient (Wildman–Crippen LogP) is 3.14. The van der Waals surface area contributed by atoms with E-state index in [9.17, 15) is 0 Å². The Morgan fingerprint density at radius 3 is 2.10 bits per heavy atom. The van der Waals surface area contributed by atoms with Gasteiger partial charge in [0.1, 0.15) is 6.54 Å². The molecule has 0 aromatic heterocycles. The monoisotopic (exact) mass is 502 g/mol. The Morgan fingerprint density at radius 1 is 0.935 bits per heavy atom. The lowest BCUT2D eigenvalue weighted by Crippen LogP contribution is -2.24. The fraction of sp³-hybridized carbons (Fsp3) is 0.261. The van der Waals surface area contributed by atoms with Gasteiger partial charge in [-0.25, -0.2) is 0 Å². The summed E-state index contributed by atoms with van der Waals surface area (Å²) in [4.78, 5) is 28.0. The molecule has 0 bridgehead atoms. The van der Waals surface area contributed by atoms with Crippen LogP contribution in [0.2, 0.25) is 0 Å². The first-order chi connectivity index (χ1) is 14.7. The highest BCUT2D eigenvalue weighted by atomic mass is 79.9. The molecule has 0 saturated heterocycles. The van der Waals surface area contributed by atoms with Crippen LogP contribution >= 0.6 is 23.8 Å². The van der Waals surface area contributed by atoms with Gasteiger partial charge < -0.3 is 24.1 Å². The zero-order valence-corrected chi connectivity index (χ0v) is 20.2. The quantitative estimate of drug-likeness (QED) is 0.394. The molecule has 0 fully saturated rings. The summed E-state index contributed by atoms with van der Waals surface area (Å²) >= 11 is 3.72. The van der Waals surface area contributed by atoms with Gasteiger partial charge in [-0.2, -0.15) is 12.4 Å². The van der Waals surface area contributed by atoms with Gasteiger partial charge in [-0.15, -0.1) is 0 Å². The van der Waals surface area contributed by atoms with Crippen LogP contribution < -0.4 is 19.6 Å². The minimum Gasteiger partial charge on any atom is -0.822 e. The fourth-order valence-corrected chi connectivity index (χ4v) is 4.56. The molecule has 1 aliphatic rings. The highest BCUT2D eigenvalue weighted by Gasteiger charge is 2.32. The predicted molar refractivity (Wildman–Crippen MR) is 123 cm³/mol. The Morgan fingerprint density at radius 2 is 1.55 bits per heavy atom. The van der Waals surface area contributed by atoms with Crippen LogP contribution in [-0.2, 0) is 4.57 Å². The lowest BCUT2D eigenvalue weighted by molar-refractivity contribution is -0.432. The Bertz CT molecular complexity index is 1160. The van der Waals surface area contributed by atoms with Gasteiger partial charge in [0, 0.05) is 40.3 Å². The van der Waals surface area contributed by atoms with Gasteiger partial charge in [0.25, 0.3) is 0 Å². The van der Waals surface area contributed by atoms with Crippen LogP contribution in [0.3, 0.4) is 0 Å². The van der Waals surface area contributed by atoms with Gasteiger partial charge in [-0.3, -0.25) is 0 Å². The molecular formula is C23H24BrN2O4P-2. The van der Waals surface area contributed by atoms with E-state index in [1.54, 1.807) is 0 Å². The first-order valence-corrected chi connectivity index (χ1v) is 12.4. The van der Waals surface area contributed by atoms with E-state index in [4.69, 9.17) is 19.2 Å². The molecule has 3 aromatic carbocycles. The number of nitrogens with zero attached hydrogens (tertiary/aromatic N) is 2. The van der Waals surface area contributed by atoms with Crippen molar-refractivity contribution in [3.8, 4) is 0 Å². The van der Waals surface area contributed by atoms with Crippen LogP contribution in [0.4, 0.5) is 11.4 Å². The molecule has 0 aliphatic carbocycles. The summed E-state index contributed by atoms with van der Waals surface area (Å²) in [5.41, 5.74) is 6.53. The summed E-state index contributed by atoms with van der Waals surface area (Å²) in [6.07, 6.45) is 0. The zero-order valence-electron chi connectivity index (χ0n) is 17.7. The maximum absolute atomic E-state index is 8.55. The Balaban J connectivity index is 0.000000491. The lowest BCUT2D eigenvalue weighted by Gasteiger charge is -2.36. The highest BCUT2D eigenvalue weighted by Crippen LogP contribution is 2.40. The Hall–Kier alpha value is -2.02. The summed E-state index contributed by atoms with van der Waals surface area (Å²) in [5, 5.41) is 2.64. The number of benzene rings is 3. The number of rotatable bonds is 5. The molecule has 0 unspecified atom stereocenters. The standard InChI is InChI=1S/C23H24BrN2.H3O4P/c1-4-25(5-2)17-12-10-16(11-13-17)23-19-9-7-8-18-20(24)14-15-21(22(18)19)26(23)6-3;1-5(2,3)4/h7-15H,4-6H2,1-3H3;(H3,1,2,3,4)/q+1;/p-3. The minimum atomic E-state index is -5.39. The molecule has 0 atom stereocenters. The number of halogens is 1. The van der Waals surface area contributed by atoms with Crippen molar-refractivity contribution >= 4 is 51.6 Å². The van der Waals surface area contributed by atoms with Crippen molar-refractivity contribution in [2.45, 2.75) is 20.8 Å². The molecule has 8 heteroatoms. The van der Waals surface area contributed by atoms with Gasteiger partial charge in [-0.05, 0) is 57.2 Å². The summed E-state index contributed by atoms with van der Waals surface area (Å²) in [5.74, 6) is 0. The number of phosphoric acid groups is 1. The lowest BCUT2D eigenvalue weighted by atomic mass is 9.98. The van der Waals surface area contributed by atoms with Crippen LogP contribution in [-0.4, -0.2) is 29.9 Å². The van der Waals surface area contributed by atoms with Gasteiger partial charge in [0.2, 0.25) is 11.4 Å². The van der Waals surface area contributed by atoms with Crippen molar-refractivity contribution < 1.29 is 23.8 Å². The van der Waals surface area contributed by atoms with E-state index in [-0.39, 0.29) is 0 Å². The van der Waals surface area contributed by atoms with Crippen LogP contribution in [0.5, 0.6) is 0 Å². The zero-order chi connectivity index (χ0) is 22.8. The summed E-state index contributed by atoms with van der Waals surface area (Å²) in [6, 6.07) is 20.1. The molecule has 164 valence electrons. The second kappa shape index (κ2) is 9.63. The van der Waals surface area contributed by atoms with E-state index >= 15 is 0 Å². The largest absolute Gasteiger partial charge is 0.822 e. The van der Waals surface area contributed by atoms with Gasteiger partial charge in [-0.1, -0.05) is 28.1 Å². The Labute approximate surface area is 190 Å². The van der Waals surface area contributed by atoms with Crippen molar-refractivity contribution in [3.05, 3.63) is 70.2 Å². The molecule has 0 amide bonds. The molecular weight excluding hydrogens is 479 g/mol. The minimum absolute atomic E-state index is 0.957. The van der Waals surface area contributed by atoms with E-state index < -0.39 is 7.82 Å². The van der Waals surface area contributed by atoms with Crippen LogP contribution in [0.15, 0.2) is 59.1 Å². The topological polar surface area (TPSA) is 92.5 Å². The molecule has 0 spiro atoms. The van der Waals surface area contributed by atoms with Crippen molar-refractivity contribution in [2.24, 2.45) is 0 Å². The fourth-order valence-electron chi connectivity index (χ4n) is 4.10. The third-order valence-electron chi connectivity index (χ3n) is 5.37. The van der Waals surface area contributed by atoms with E-state index in [1.807, 2.05) is 0 Å². The third kappa shape index (κ3) is 5.08. The molecule has 0 saturated carbocycles. The Kier molecular flexibility index (Phi) is 7.35. The van der Waals surface area contributed by atoms with Gasteiger partial charge >= 0.3 is 0 Å². The first-order valence-electron chi connectivity index (χ1n) is 10.1. The number of anilines is 1. The molecule has 1 aliphatic heterocycles. The average Bonchev–Trinajstić information content (AvgIpc) is 3.05. The van der Waals surface area contributed by atoms with Crippen molar-refractivity contribution in [1.82, 2.24) is 0 Å². The highest BCUT2D eigenvalue weighted by molar-refractivity contribution is 9.10. The summed E-state index contributed by atoms with van der Waals surface area (Å²) in [7, 11) is -5.39. The van der Waals surface area contributed by atoms with Crippen LogP contribution in [0.1, 0.15) is 31.9 Å². The van der Waals surface area contributed by atoms with Crippen molar-refractivity contribution in [3.63, 3.8) is 0 Å². The molecule has 31 heavy (non-hydrogen) atoms. The average molecular weight is 503 g/mol. The molecule has 3 aromatic rings. The van der Waals surface area contributed by atoms with Gasteiger partial charge in [0.05, 0.1) is 10.9 Å². The molecule has 4 rings (SSSR count). The maximum Gasteiger partial charge on any atom is 0.221 e. The van der Waals surface area contributed by atoms with Crippen molar-refractivity contribution in [2.75, 3.05) is 24.5 Å². The van der Waals surface area contributed by atoms with Crippen LogP contribution in [0, 0.1) is 0 Å². The van der Waals surface area contributed by atoms with Crippen LogP contribution in [0.25, 0.3) is 10.8 Å². The van der Waals surface area contributed by atoms with Crippen molar-refractivity contribution in [1.29, 1.82) is 0 Å². The van der Waals surface area contributed by atoms with E-state index in [0.717, 1.165) is 24.1 Å². The SMILES string of the molecule is CCN(CC)c1ccc(C2=[N+](CC)c3ccc(Br)c4cccc2c34)cc1.O=P([O-])([O-])[O-]. The van der Waals surface area contributed by atoms with E-state index in [1.165, 1.54) is 39.0 Å². The molecule has 6 nitrogen and oxygen atoms in total. The molecule has 1 heterocycles. The molecule has 0 N–H and O–H groups in total. The summed E-state index contributed by atoms with van der Waals surface area (Å²) < 4.78 is 12.1. The normalized spacial score (nSPS) is 12.7. The number of hydrogen-bond acceptors (Lipinski definition) is 5. The number of hydrogen-bond donors (Lipinski definition) is 0. The second-order valence-corrected chi connectivity index (χ2v) is 8.80. The summed E-state index contributed by atoms with van der Waals surface area (Å²) in [6.45, 7) is 9.66. The smallest absolute Gasteiger partial charge is 0.221 e. The first kappa shape index (κ1) is 23.6. The molecule has 0 radical (unpaired) electrons.